The van der Waals surface area contributed by atoms with Crippen molar-refractivity contribution in [1.82, 2.24) is 9.62 Å². The Morgan fingerprint density at radius 2 is 1.86 bits per heavy atom. The molecule has 2 aromatic carbocycles. The van der Waals surface area contributed by atoms with Crippen molar-refractivity contribution < 1.29 is 13.2 Å². The van der Waals surface area contributed by atoms with Gasteiger partial charge < -0.3 is 10.2 Å². The van der Waals surface area contributed by atoms with Crippen LogP contribution in [-0.2, 0) is 27.8 Å². The molecule has 0 saturated heterocycles. The average Bonchev–Trinajstić information content (AvgIpc) is 3.09. The zero-order chi connectivity index (χ0) is 20.9. The minimum Gasteiger partial charge on any atom is -0.371 e. The fourth-order valence-corrected chi connectivity index (χ4v) is 4.28. The molecule has 0 saturated carbocycles. The van der Waals surface area contributed by atoms with Crippen LogP contribution < -0.4 is 10.2 Å². The van der Waals surface area contributed by atoms with Crippen LogP contribution >= 0.6 is 0 Å². The van der Waals surface area contributed by atoms with E-state index in [-0.39, 0.29) is 19.0 Å². The molecule has 0 aromatic heterocycles. The highest BCUT2D eigenvalue weighted by molar-refractivity contribution is 7.88. The first-order valence-electron chi connectivity index (χ1n) is 9.93. The van der Waals surface area contributed by atoms with Crippen LogP contribution in [0.3, 0.4) is 0 Å². The summed E-state index contributed by atoms with van der Waals surface area (Å²) in [6.07, 6.45) is 3.01. The predicted octanol–water partition coefficient (Wildman–Crippen LogP) is 2.33. The standard InChI is InChI=1S/C22H29N3O3S/c1-18-8-10-19(11-9-18)16-25(29(2,27)28)17-22(26)23-13-5-14-24-15-12-20-6-3-4-7-21(20)24/h3-4,6-11H,5,12-17H2,1-2H3,(H,23,26). The van der Waals surface area contributed by atoms with Gasteiger partial charge in [0.2, 0.25) is 15.9 Å². The number of amides is 1. The third kappa shape index (κ3) is 6.05. The van der Waals surface area contributed by atoms with Gasteiger partial charge in [0.25, 0.3) is 0 Å². The second-order valence-electron chi connectivity index (χ2n) is 7.59. The number of fused-ring (bicyclic) bond motifs is 1. The summed E-state index contributed by atoms with van der Waals surface area (Å²) < 4.78 is 25.4. The maximum absolute atomic E-state index is 12.3. The number of rotatable bonds is 9. The molecule has 0 radical (unpaired) electrons. The van der Waals surface area contributed by atoms with E-state index in [0.717, 1.165) is 43.3 Å². The first kappa shape index (κ1) is 21.3. The third-order valence-corrected chi connectivity index (χ3v) is 6.38. The minimum absolute atomic E-state index is 0.167. The lowest BCUT2D eigenvalue weighted by molar-refractivity contribution is -0.121. The quantitative estimate of drug-likeness (QED) is 0.638. The third-order valence-electron chi connectivity index (χ3n) is 5.18. The lowest BCUT2D eigenvalue weighted by Crippen LogP contribution is -2.40. The largest absolute Gasteiger partial charge is 0.371 e. The van der Waals surface area contributed by atoms with Crippen molar-refractivity contribution >= 4 is 21.6 Å². The monoisotopic (exact) mass is 415 g/mol. The van der Waals surface area contributed by atoms with Gasteiger partial charge in [-0.05, 0) is 37.0 Å². The molecule has 1 heterocycles. The fourth-order valence-electron chi connectivity index (χ4n) is 3.54. The molecule has 0 fully saturated rings. The van der Waals surface area contributed by atoms with Crippen LogP contribution in [0.5, 0.6) is 0 Å². The maximum atomic E-state index is 12.3. The summed E-state index contributed by atoms with van der Waals surface area (Å²) in [5, 5.41) is 2.86. The number of hydrogen-bond donors (Lipinski definition) is 1. The molecule has 0 atom stereocenters. The van der Waals surface area contributed by atoms with E-state index in [1.807, 2.05) is 37.3 Å². The number of aryl methyl sites for hydroxylation is 1. The molecule has 1 amide bonds. The number of nitrogens with one attached hydrogen (secondary N) is 1. The Hall–Kier alpha value is -2.38. The molecule has 0 bridgehead atoms. The Labute approximate surface area is 173 Å². The molecule has 1 aliphatic rings. The second-order valence-corrected chi connectivity index (χ2v) is 9.57. The number of anilines is 1. The van der Waals surface area contributed by atoms with Gasteiger partial charge in [-0.2, -0.15) is 4.31 Å². The highest BCUT2D eigenvalue weighted by Gasteiger charge is 2.21. The van der Waals surface area contributed by atoms with E-state index < -0.39 is 10.0 Å². The smallest absolute Gasteiger partial charge is 0.235 e. The van der Waals surface area contributed by atoms with Gasteiger partial charge in [0.15, 0.2) is 0 Å². The van der Waals surface area contributed by atoms with Crippen molar-refractivity contribution in [3.63, 3.8) is 0 Å². The fraction of sp³-hybridized carbons (Fsp3) is 0.409. The second kappa shape index (κ2) is 9.41. The number of carbonyl (C=O) groups is 1. The lowest BCUT2D eigenvalue weighted by atomic mass is 10.1. The Balaban J connectivity index is 1.46. The van der Waals surface area contributed by atoms with Crippen LogP contribution in [0.1, 0.15) is 23.1 Å². The number of hydrogen-bond acceptors (Lipinski definition) is 4. The van der Waals surface area contributed by atoms with Crippen molar-refractivity contribution in [2.24, 2.45) is 0 Å². The average molecular weight is 416 g/mol. The van der Waals surface area contributed by atoms with Gasteiger partial charge >= 0.3 is 0 Å². The molecule has 0 spiro atoms. The number of carbonyl (C=O) groups excluding carboxylic acids is 1. The molecule has 0 aliphatic carbocycles. The zero-order valence-electron chi connectivity index (χ0n) is 17.1. The molecule has 1 aliphatic heterocycles. The molecular weight excluding hydrogens is 386 g/mol. The van der Waals surface area contributed by atoms with Crippen molar-refractivity contribution in [3.05, 3.63) is 65.2 Å². The Bertz CT molecular complexity index is 942. The van der Waals surface area contributed by atoms with Crippen LogP contribution in [0.15, 0.2) is 48.5 Å². The Kier molecular flexibility index (Phi) is 6.92. The number of benzene rings is 2. The van der Waals surface area contributed by atoms with Crippen LogP contribution in [0, 0.1) is 6.92 Å². The summed E-state index contributed by atoms with van der Waals surface area (Å²) >= 11 is 0. The zero-order valence-corrected chi connectivity index (χ0v) is 17.9. The van der Waals surface area contributed by atoms with E-state index in [2.05, 4.69) is 28.4 Å². The molecule has 0 unspecified atom stereocenters. The van der Waals surface area contributed by atoms with Crippen LogP contribution in [-0.4, -0.2) is 51.1 Å². The van der Waals surface area contributed by atoms with Gasteiger partial charge in [0, 0.05) is 31.9 Å². The maximum Gasteiger partial charge on any atom is 0.235 e. The normalized spacial score (nSPS) is 13.6. The van der Waals surface area contributed by atoms with E-state index in [1.165, 1.54) is 15.6 Å². The Morgan fingerprint density at radius 1 is 1.14 bits per heavy atom. The summed E-state index contributed by atoms with van der Waals surface area (Å²) in [6.45, 7) is 4.41. The summed E-state index contributed by atoms with van der Waals surface area (Å²) in [5.41, 5.74) is 4.62. The predicted molar refractivity (Wildman–Crippen MR) is 116 cm³/mol. The highest BCUT2D eigenvalue weighted by Crippen LogP contribution is 2.27. The molecular formula is C22H29N3O3S. The molecule has 29 heavy (non-hydrogen) atoms. The van der Waals surface area contributed by atoms with Crippen molar-refractivity contribution in [3.8, 4) is 0 Å². The van der Waals surface area contributed by atoms with Crippen molar-refractivity contribution in [2.45, 2.75) is 26.3 Å². The van der Waals surface area contributed by atoms with Crippen molar-refractivity contribution in [2.75, 3.05) is 37.3 Å². The molecule has 7 heteroatoms. The van der Waals surface area contributed by atoms with E-state index in [9.17, 15) is 13.2 Å². The summed E-state index contributed by atoms with van der Waals surface area (Å²) in [7, 11) is -3.48. The summed E-state index contributed by atoms with van der Waals surface area (Å²) in [4.78, 5) is 14.6. The number of para-hydroxylation sites is 1. The highest BCUT2D eigenvalue weighted by atomic mass is 32.2. The van der Waals surface area contributed by atoms with E-state index in [0.29, 0.717) is 6.54 Å². The van der Waals surface area contributed by atoms with Crippen LogP contribution in [0.4, 0.5) is 5.69 Å². The van der Waals surface area contributed by atoms with Gasteiger partial charge in [0.1, 0.15) is 0 Å². The topological polar surface area (TPSA) is 69.7 Å². The van der Waals surface area contributed by atoms with Gasteiger partial charge in [-0.25, -0.2) is 8.42 Å². The van der Waals surface area contributed by atoms with Crippen LogP contribution in [0.25, 0.3) is 0 Å². The van der Waals surface area contributed by atoms with Gasteiger partial charge in [-0.1, -0.05) is 48.0 Å². The molecule has 3 rings (SSSR count). The van der Waals surface area contributed by atoms with Crippen LogP contribution in [0.2, 0.25) is 0 Å². The minimum atomic E-state index is -3.48. The van der Waals surface area contributed by atoms with E-state index >= 15 is 0 Å². The molecule has 156 valence electrons. The first-order valence-corrected chi connectivity index (χ1v) is 11.8. The van der Waals surface area contributed by atoms with E-state index in [4.69, 9.17) is 0 Å². The SMILES string of the molecule is Cc1ccc(CN(CC(=O)NCCCN2CCc3ccccc32)S(C)(=O)=O)cc1. The first-order chi connectivity index (χ1) is 13.8. The van der Waals surface area contributed by atoms with Crippen molar-refractivity contribution in [1.29, 1.82) is 0 Å². The summed E-state index contributed by atoms with van der Waals surface area (Å²) in [6, 6.07) is 16.1. The summed E-state index contributed by atoms with van der Waals surface area (Å²) in [5.74, 6) is -0.274. The molecule has 1 N–H and O–H groups in total. The Morgan fingerprint density at radius 3 is 2.59 bits per heavy atom. The van der Waals surface area contributed by atoms with Gasteiger partial charge in [-0.15, -0.1) is 0 Å². The molecule has 2 aromatic rings. The van der Waals surface area contributed by atoms with Gasteiger partial charge in [0.05, 0.1) is 12.8 Å². The number of sulfonamides is 1. The van der Waals surface area contributed by atoms with E-state index in [1.54, 1.807) is 0 Å². The van der Waals surface area contributed by atoms with Gasteiger partial charge in [-0.3, -0.25) is 4.79 Å². The number of nitrogens with zero attached hydrogens (tertiary/aromatic N) is 2. The lowest BCUT2D eigenvalue weighted by Gasteiger charge is -2.21. The molecule has 6 nitrogen and oxygen atoms in total.